The summed E-state index contributed by atoms with van der Waals surface area (Å²) in [6, 6.07) is 0. The van der Waals surface area contributed by atoms with Gasteiger partial charge in [-0.2, -0.15) is 0 Å². The second-order valence-corrected chi connectivity index (χ2v) is 3.59. The van der Waals surface area contributed by atoms with Crippen molar-refractivity contribution in [3.63, 3.8) is 0 Å². The van der Waals surface area contributed by atoms with Gasteiger partial charge in [0.25, 0.3) is 0 Å². The minimum Gasteiger partial charge on any atom is -0.349 e. The Balaban J connectivity index is 2.14. The van der Waals surface area contributed by atoms with E-state index >= 15 is 0 Å². The van der Waals surface area contributed by atoms with Gasteiger partial charge in [0, 0.05) is 5.54 Å². The van der Waals surface area contributed by atoms with Crippen molar-refractivity contribution in [1.29, 1.82) is 0 Å². The van der Waals surface area contributed by atoms with Crippen LogP contribution in [0.5, 0.6) is 0 Å². The summed E-state index contributed by atoms with van der Waals surface area (Å²) in [5.41, 5.74) is 5.03. The first-order chi connectivity index (χ1) is 6.06. The molecule has 1 aliphatic rings. The molecule has 0 radical (unpaired) electrons. The van der Waals surface area contributed by atoms with Crippen LogP contribution in [0.4, 0.5) is 0 Å². The highest BCUT2D eigenvalue weighted by atomic mass is 16.2. The number of carbonyl (C=O) groups is 2. The van der Waals surface area contributed by atoms with Crippen LogP contribution in [0.15, 0.2) is 0 Å². The van der Waals surface area contributed by atoms with Gasteiger partial charge < -0.3 is 16.4 Å². The molecule has 0 saturated heterocycles. The lowest BCUT2D eigenvalue weighted by atomic mass is 10.3. The first kappa shape index (κ1) is 9.98. The average Bonchev–Trinajstić information content (AvgIpc) is 2.79. The van der Waals surface area contributed by atoms with Crippen molar-refractivity contribution in [2.75, 3.05) is 13.1 Å². The van der Waals surface area contributed by atoms with Gasteiger partial charge in [-0.05, 0) is 19.8 Å². The molecule has 0 heterocycles. The summed E-state index contributed by atoms with van der Waals surface area (Å²) in [4.78, 5) is 21.8. The number of nitrogens with two attached hydrogens (primary N) is 1. The normalized spacial score (nSPS) is 17.7. The molecular formula is C8H15N3O2. The summed E-state index contributed by atoms with van der Waals surface area (Å²) in [5, 5.41) is 5.22. The SMILES string of the molecule is CC1(NC(=O)CNC(=O)CN)CC1. The summed E-state index contributed by atoms with van der Waals surface area (Å²) < 4.78 is 0. The molecule has 0 unspecified atom stereocenters. The minimum atomic E-state index is -0.309. The van der Waals surface area contributed by atoms with Crippen LogP contribution in [0.1, 0.15) is 19.8 Å². The van der Waals surface area contributed by atoms with E-state index in [1.165, 1.54) is 0 Å². The molecule has 5 heteroatoms. The third-order valence-corrected chi connectivity index (χ3v) is 2.07. The predicted molar refractivity (Wildman–Crippen MR) is 47.8 cm³/mol. The van der Waals surface area contributed by atoms with Gasteiger partial charge in [0.2, 0.25) is 11.8 Å². The van der Waals surface area contributed by atoms with Gasteiger partial charge in [0.05, 0.1) is 13.1 Å². The molecule has 0 spiro atoms. The Morgan fingerprint density at radius 2 is 2.00 bits per heavy atom. The van der Waals surface area contributed by atoms with Crippen LogP contribution >= 0.6 is 0 Å². The van der Waals surface area contributed by atoms with Crippen LogP contribution in [-0.2, 0) is 9.59 Å². The van der Waals surface area contributed by atoms with Crippen molar-refractivity contribution in [2.24, 2.45) is 5.73 Å². The van der Waals surface area contributed by atoms with E-state index in [-0.39, 0.29) is 30.4 Å². The van der Waals surface area contributed by atoms with E-state index in [0.717, 1.165) is 12.8 Å². The van der Waals surface area contributed by atoms with Crippen molar-refractivity contribution < 1.29 is 9.59 Å². The summed E-state index contributed by atoms with van der Waals surface area (Å²) in [6.45, 7) is 1.92. The lowest BCUT2D eigenvalue weighted by Crippen LogP contribution is -2.43. The van der Waals surface area contributed by atoms with E-state index in [4.69, 9.17) is 5.73 Å². The Labute approximate surface area is 77.1 Å². The molecule has 1 fully saturated rings. The molecule has 0 aliphatic heterocycles. The Kier molecular flexibility index (Phi) is 2.87. The van der Waals surface area contributed by atoms with Crippen LogP contribution < -0.4 is 16.4 Å². The first-order valence-corrected chi connectivity index (χ1v) is 4.33. The number of hydrogen-bond donors (Lipinski definition) is 3. The summed E-state index contributed by atoms with van der Waals surface area (Å²) in [5.74, 6) is -0.460. The average molecular weight is 185 g/mol. The maximum Gasteiger partial charge on any atom is 0.239 e. The summed E-state index contributed by atoms with van der Waals surface area (Å²) in [6.07, 6.45) is 2.03. The number of nitrogens with one attached hydrogen (secondary N) is 2. The summed E-state index contributed by atoms with van der Waals surface area (Å²) in [7, 11) is 0. The van der Waals surface area contributed by atoms with Crippen molar-refractivity contribution in [3.8, 4) is 0 Å². The van der Waals surface area contributed by atoms with E-state index in [0.29, 0.717) is 0 Å². The molecule has 4 N–H and O–H groups in total. The topological polar surface area (TPSA) is 84.2 Å². The first-order valence-electron chi connectivity index (χ1n) is 4.33. The maximum absolute atomic E-state index is 11.2. The lowest BCUT2D eigenvalue weighted by Gasteiger charge is -2.11. The highest BCUT2D eigenvalue weighted by molar-refractivity contribution is 5.85. The van der Waals surface area contributed by atoms with E-state index in [2.05, 4.69) is 10.6 Å². The van der Waals surface area contributed by atoms with E-state index in [1.54, 1.807) is 0 Å². The van der Waals surface area contributed by atoms with E-state index < -0.39 is 0 Å². The van der Waals surface area contributed by atoms with Crippen LogP contribution in [0, 0.1) is 0 Å². The molecule has 0 aromatic rings. The van der Waals surface area contributed by atoms with E-state index in [1.807, 2.05) is 6.92 Å². The second kappa shape index (κ2) is 3.74. The largest absolute Gasteiger partial charge is 0.349 e. The Morgan fingerprint density at radius 1 is 1.38 bits per heavy atom. The van der Waals surface area contributed by atoms with Gasteiger partial charge >= 0.3 is 0 Å². The zero-order valence-electron chi connectivity index (χ0n) is 7.72. The molecule has 74 valence electrons. The van der Waals surface area contributed by atoms with Crippen LogP contribution in [0.25, 0.3) is 0 Å². The fourth-order valence-corrected chi connectivity index (χ4v) is 0.944. The Hall–Kier alpha value is -1.10. The van der Waals surface area contributed by atoms with Gasteiger partial charge in [-0.3, -0.25) is 9.59 Å². The van der Waals surface area contributed by atoms with Crippen molar-refractivity contribution in [1.82, 2.24) is 10.6 Å². The molecule has 0 atom stereocenters. The smallest absolute Gasteiger partial charge is 0.239 e. The predicted octanol–water partition coefficient (Wildman–Crippen LogP) is -1.27. The number of hydrogen-bond acceptors (Lipinski definition) is 3. The molecule has 5 nitrogen and oxygen atoms in total. The maximum atomic E-state index is 11.2. The van der Waals surface area contributed by atoms with Gasteiger partial charge in [0.15, 0.2) is 0 Å². The third kappa shape index (κ3) is 3.42. The van der Waals surface area contributed by atoms with Crippen LogP contribution in [-0.4, -0.2) is 30.4 Å². The molecule has 1 rings (SSSR count). The standard InChI is InChI=1S/C8H15N3O2/c1-8(2-3-8)11-7(13)5-10-6(12)4-9/h2-5,9H2,1H3,(H,10,12)(H,11,13). The molecular weight excluding hydrogens is 170 g/mol. The van der Waals surface area contributed by atoms with Crippen molar-refractivity contribution >= 4 is 11.8 Å². The number of amides is 2. The Bertz CT molecular complexity index is 223. The molecule has 0 aromatic heterocycles. The minimum absolute atomic E-state index is 0.0195. The van der Waals surface area contributed by atoms with Gasteiger partial charge in [-0.1, -0.05) is 0 Å². The molecule has 0 bridgehead atoms. The van der Waals surface area contributed by atoms with Gasteiger partial charge in [-0.25, -0.2) is 0 Å². The zero-order chi connectivity index (χ0) is 9.90. The quantitative estimate of drug-likeness (QED) is 0.510. The second-order valence-electron chi connectivity index (χ2n) is 3.59. The zero-order valence-corrected chi connectivity index (χ0v) is 7.72. The molecule has 1 aliphatic carbocycles. The number of carbonyl (C=O) groups excluding carboxylic acids is 2. The highest BCUT2D eigenvalue weighted by Gasteiger charge is 2.38. The van der Waals surface area contributed by atoms with Gasteiger partial charge in [0.1, 0.15) is 0 Å². The molecule has 1 saturated carbocycles. The molecule has 0 aromatic carbocycles. The molecule has 13 heavy (non-hydrogen) atoms. The monoisotopic (exact) mass is 185 g/mol. The molecule has 2 amide bonds. The van der Waals surface area contributed by atoms with E-state index in [9.17, 15) is 9.59 Å². The fourth-order valence-electron chi connectivity index (χ4n) is 0.944. The Morgan fingerprint density at radius 3 is 2.46 bits per heavy atom. The van der Waals surface area contributed by atoms with Crippen LogP contribution in [0.3, 0.4) is 0 Å². The summed E-state index contributed by atoms with van der Waals surface area (Å²) >= 11 is 0. The van der Waals surface area contributed by atoms with Crippen molar-refractivity contribution in [2.45, 2.75) is 25.3 Å². The fraction of sp³-hybridized carbons (Fsp3) is 0.750. The van der Waals surface area contributed by atoms with Crippen LogP contribution in [0.2, 0.25) is 0 Å². The highest BCUT2D eigenvalue weighted by Crippen LogP contribution is 2.33. The third-order valence-electron chi connectivity index (χ3n) is 2.07. The van der Waals surface area contributed by atoms with Crippen molar-refractivity contribution in [3.05, 3.63) is 0 Å². The number of rotatable bonds is 4. The van der Waals surface area contributed by atoms with Gasteiger partial charge in [-0.15, -0.1) is 0 Å². The lowest BCUT2D eigenvalue weighted by molar-refractivity contribution is -0.125.